The largest absolute Gasteiger partial charge is 0.338 e. The van der Waals surface area contributed by atoms with Gasteiger partial charge in [0.25, 0.3) is 0 Å². The van der Waals surface area contributed by atoms with Gasteiger partial charge in [-0.25, -0.2) is 16.3 Å². The molecule has 3 fully saturated rings. The van der Waals surface area contributed by atoms with E-state index < -0.39 is 0 Å². The third-order valence-corrected chi connectivity index (χ3v) is 5.75. The van der Waals surface area contributed by atoms with Gasteiger partial charge in [0.05, 0.1) is 12.2 Å². The lowest BCUT2D eigenvalue weighted by atomic mass is 9.88. The van der Waals surface area contributed by atoms with E-state index in [2.05, 4.69) is 44.2 Å². The molecule has 3 aliphatic rings. The fourth-order valence-corrected chi connectivity index (χ4v) is 4.32. The Balaban J connectivity index is 0.00000196. The zero-order valence-electron chi connectivity index (χ0n) is 14.9. The molecule has 6 unspecified atom stereocenters. The van der Waals surface area contributed by atoms with Gasteiger partial charge in [0.2, 0.25) is 5.91 Å². The number of hydrogen-bond acceptors (Lipinski definition) is 7. The zero-order chi connectivity index (χ0) is 17.2. The summed E-state index contributed by atoms with van der Waals surface area (Å²) in [6.45, 7) is 4.03. The van der Waals surface area contributed by atoms with Gasteiger partial charge < -0.3 is 10.6 Å². The normalized spacial score (nSPS) is 36.2. The van der Waals surface area contributed by atoms with Crippen LogP contribution in [0.4, 0.5) is 0 Å². The molecule has 9 heteroatoms. The number of piperidine rings is 1. The first-order valence-electron chi connectivity index (χ1n) is 9.21. The molecular weight excluding hydrogens is 354 g/mol. The Labute approximate surface area is 160 Å². The van der Waals surface area contributed by atoms with Crippen LogP contribution in [0.15, 0.2) is 24.5 Å². The maximum absolute atomic E-state index is 12.8. The molecule has 3 aliphatic heterocycles. The lowest BCUT2D eigenvalue weighted by molar-refractivity contribution is -0.125. The Hall–Kier alpha value is -1.29. The Morgan fingerprint density at radius 1 is 1.23 bits per heavy atom. The number of aromatic nitrogens is 1. The smallest absolute Gasteiger partial charge is 0.240 e. The van der Waals surface area contributed by atoms with Crippen LogP contribution in [0.25, 0.3) is 0 Å². The number of carbonyl (C=O) groups excluding carboxylic acids is 1. The molecule has 0 aliphatic carbocycles. The lowest BCUT2D eigenvalue weighted by Gasteiger charge is -2.29. The van der Waals surface area contributed by atoms with E-state index in [9.17, 15) is 4.79 Å². The van der Waals surface area contributed by atoms with E-state index in [0.29, 0.717) is 12.0 Å². The van der Waals surface area contributed by atoms with E-state index in [1.807, 2.05) is 12.1 Å². The van der Waals surface area contributed by atoms with Gasteiger partial charge in [-0.15, -0.1) is 12.4 Å². The molecule has 6 N–H and O–H groups in total. The van der Waals surface area contributed by atoms with Gasteiger partial charge in [0, 0.05) is 36.8 Å². The van der Waals surface area contributed by atoms with Crippen LogP contribution >= 0.6 is 12.4 Å². The Morgan fingerprint density at radius 2 is 2.04 bits per heavy atom. The van der Waals surface area contributed by atoms with Crippen molar-refractivity contribution in [3.05, 3.63) is 30.1 Å². The van der Waals surface area contributed by atoms with Crippen LogP contribution in [-0.2, 0) is 4.79 Å². The predicted molar refractivity (Wildman–Crippen MR) is 101 cm³/mol. The number of hydrazine groups is 2. The van der Waals surface area contributed by atoms with Crippen molar-refractivity contribution in [3.8, 4) is 0 Å². The zero-order valence-corrected chi connectivity index (χ0v) is 15.7. The number of nitrogens with one attached hydrogen (secondary N) is 6. The van der Waals surface area contributed by atoms with E-state index in [1.54, 1.807) is 12.4 Å². The number of pyridine rings is 1. The van der Waals surface area contributed by atoms with E-state index in [1.165, 1.54) is 5.56 Å². The molecule has 1 aromatic heterocycles. The molecule has 4 rings (SSSR count). The summed E-state index contributed by atoms with van der Waals surface area (Å²) in [7, 11) is 0. The molecular formula is C17H28ClN7O. The van der Waals surface area contributed by atoms with E-state index >= 15 is 0 Å². The summed E-state index contributed by atoms with van der Waals surface area (Å²) in [5.74, 6) is 0.622. The molecule has 3 saturated heterocycles. The quantitative estimate of drug-likeness (QED) is 0.421. The van der Waals surface area contributed by atoms with Crippen LogP contribution in [0.2, 0.25) is 0 Å². The average Bonchev–Trinajstić information content (AvgIpc) is 3.26. The number of rotatable bonds is 4. The van der Waals surface area contributed by atoms with Crippen LogP contribution < -0.4 is 32.3 Å². The van der Waals surface area contributed by atoms with Crippen molar-refractivity contribution in [2.24, 2.45) is 11.8 Å². The highest BCUT2D eigenvalue weighted by Gasteiger charge is 2.43. The van der Waals surface area contributed by atoms with Crippen LogP contribution in [0.5, 0.6) is 0 Å². The molecule has 1 amide bonds. The molecule has 6 atom stereocenters. The Bertz CT molecular complexity index is 604. The lowest BCUT2D eigenvalue weighted by Crippen LogP contribution is -2.55. The van der Waals surface area contributed by atoms with E-state index in [4.69, 9.17) is 0 Å². The second kappa shape index (κ2) is 8.60. The van der Waals surface area contributed by atoms with Gasteiger partial charge in [-0.05, 0) is 37.1 Å². The van der Waals surface area contributed by atoms with Crippen molar-refractivity contribution in [3.63, 3.8) is 0 Å². The van der Waals surface area contributed by atoms with Crippen molar-refractivity contribution >= 4 is 18.3 Å². The maximum atomic E-state index is 12.8. The average molecular weight is 382 g/mol. The molecule has 0 radical (unpaired) electrons. The molecule has 26 heavy (non-hydrogen) atoms. The minimum atomic E-state index is -0.197. The van der Waals surface area contributed by atoms with Gasteiger partial charge in [-0.1, -0.05) is 6.92 Å². The summed E-state index contributed by atoms with van der Waals surface area (Å²) in [6, 6.07) is 4.38. The summed E-state index contributed by atoms with van der Waals surface area (Å²) in [6.07, 6.45) is 5.53. The summed E-state index contributed by atoms with van der Waals surface area (Å²) in [5.41, 5.74) is 14.3. The number of amides is 1. The number of halogens is 1. The molecule has 0 bridgehead atoms. The minimum absolute atomic E-state index is 0. The molecule has 1 aromatic rings. The van der Waals surface area contributed by atoms with E-state index in [0.717, 1.165) is 25.9 Å². The van der Waals surface area contributed by atoms with Crippen molar-refractivity contribution in [1.29, 1.82) is 0 Å². The summed E-state index contributed by atoms with van der Waals surface area (Å²) < 4.78 is 0. The molecule has 144 valence electrons. The first-order chi connectivity index (χ1) is 12.3. The minimum Gasteiger partial charge on any atom is -0.338 e. The summed E-state index contributed by atoms with van der Waals surface area (Å²) in [4.78, 5) is 16.9. The number of hydrogen-bond donors (Lipinski definition) is 6. The molecule has 0 spiro atoms. The van der Waals surface area contributed by atoms with Crippen LogP contribution in [0.1, 0.15) is 31.4 Å². The number of fused-ring (bicyclic) bond motifs is 1. The standard InChI is InChI=1S/C17H27N7O.ClH/c1-2-11-14(10-3-6-18-7-4-10)22-24-16(11)20-17(25)15-12-9-19-8-5-13(12)21-23-15;/h3-4,6-7,11-16,19,21-24H,2,5,8-9H2,1H3,(H,20,25);1H. The Kier molecular flexibility index (Phi) is 6.44. The monoisotopic (exact) mass is 381 g/mol. The van der Waals surface area contributed by atoms with Gasteiger partial charge >= 0.3 is 0 Å². The highest BCUT2D eigenvalue weighted by Crippen LogP contribution is 2.30. The van der Waals surface area contributed by atoms with Crippen molar-refractivity contribution in [1.82, 2.24) is 37.3 Å². The van der Waals surface area contributed by atoms with Gasteiger partial charge in [-0.3, -0.25) is 15.2 Å². The predicted octanol–water partition coefficient (Wildman–Crippen LogP) is -0.425. The SMILES string of the molecule is CCC1C(NC(=O)C2NNC3CCNCC32)NNC1c1ccncc1.Cl. The first-order valence-corrected chi connectivity index (χ1v) is 9.21. The highest BCUT2D eigenvalue weighted by atomic mass is 35.5. The topological polar surface area (TPSA) is 102 Å². The third kappa shape index (κ3) is 3.71. The summed E-state index contributed by atoms with van der Waals surface area (Å²) in [5, 5.41) is 6.59. The van der Waals surface area contributed by atoms with Crippen molar-refractivity contribution < 1.29 is 4.79 Å². The molecule has 0 saturated carbocycles. The number of nitrogens with zero attached hydrogens (tertiary/aromatic N) is 1. The van der Waals surface area contributed by atoms with Gasteiger partial charge in [0.1, 0.15) is 6.04 Å². The van der Waals surface area contributed by atoms with Gasteiger partial charge in [0.15, 0.2) is 0 Å². The van der Waals surface area contributed by atoms with Crippen molar-refractivity contribution in [2.45, 2.75) is 44.1 Å². The number of carbonyl (C=O) groups is 1. The Morgan fingerprint density at radius 3 is 2.81 bits per heavy atom. The third-order valence-electron chi connectivity index (χ3n) is 5.75. The molecule has 8 nitrogen and oxygen atoms in total. The first kappa shape index (κ1) is 19.5. The second-order valence-corrected chi connectivity index (χ2v) is 7.13. The van der Waals surface area contributed by atoms with E-state index in [-0.39, 0.29) is 42.5 Å². The second-order valence-electron chi connectivity index (χ2n) is 7.13. The fraction of sp³-hybridized carbons (Fsp3) is 0.647. The highest BCUT2D eigenvalue weighted by molar-refractivity contribution is 5.85. The maximum Gasteiger partial charge on any atom is 0.240 e. The fourth-order valence-electron chi connectivity index (χ4n) is 4.32. The van der Waals surface area contributed by atoms with Crippen molar-refractivity contribution in [2.75, 3.05) is 13.1 Å². The van der Waals surface area contributed by atoms with Crippen LogP contribution in [0.3, 0.4) is 0 Å². The van der Waals surface area contributed by atoms with Crippen LogP contribution in [-0.4, -0.2) is 42.2 Å². The van der Waals surface area contributed by atoms with Crippen LogP contribution in [0, 0.1) is 11.8 Å². The molecule has 4 heterocycles. The summed E-state index contributed by atoms with van der Waals surface area (Å²) >= 11 is 0. The molecule has 0 aromatic carbocycles. The van der Waals surface area contributed by atoms with Gasteiger partial charge in [-0.2, -0.15) is 0 Å².